The summed E-state index contributed by atoms with van der Waals surface area (Å²) < 4.78 is 1.92. The van der Waals surface area contributed by atoms with Gasteiger partial charge in [0.05, 0.1) is 27.8 Å². The second-order valence-corrected chi connectivity index (χ2v) is 6.49. The fourth-order valence-corrected chi connectivity index (χ4v) is 3.47. The van der Waals surface area contributed by atoms with E-state index in [9.17, 15) is 4.79 Å². The summed E-state index contributed by atoms with van der Waals surface area (Å²) in [4.78, 5) is 30.8. The van der Waals surface area contributed by atoms with Gasteiger partial charge in [-0.25, -0.2) is 15.0 Å². The number of thiazole rings is 1. The van der Waals surface area contributed by atoms with Crippen molar-refractivity contribution in [3.05, 3.63) is 54.2 Å². The molecule has 0 aliphatic heterocycles. The third-order valence-corrected chi connectivity index (χ3v) is 4.79. The Kier molecular flexibility index (Phi) is 3.73. The molecule has 0 unspecified atom stereocenters. The van der Waals surface area contributed by atoms with Crippen molar-refractivity contribution < 1.29 is 4.79 Å². The Morgan fingerprint density at radius 2 is 1.96 bits per heavy atom. The zero-order chi connectivity index (χ0) is 17.4. The number of fused-ring (bicyclic) bond motifs is 1. The first-order chi connectivity index (χ1) is 12.1. The number of rotatable bonds is 3. The van der Waals surface area contributed by atoms with Crippen molar-refractivity contribution in [3.8, 4) is 10.7 Å². The summed E-state index contributed by atoms with van der Waals surface area (Å²) in [7, 11) is 1.92. The van der Waals surface area contributed by atoms with Crippen molar-refractivity contribution in [1.82, 2.24) is 24.5 Å². The van der Waals surface area contributed by atoms with E-state index in [0.717, 1.165) is 21.9 Å². The molecular weight excluding hydrogens is 336 g/mol. The molecule has 124 valence electrons. The number of aryl methyl sites for hydroxylation is 2. The summed E-state index contributed by atoms with van der Waals surface area (Å²) >= 11 is 1.38. The first-order valence-corrected chi connectivity index (χ1v) is 8.42. The normalized spacial score (nSPS) is 11.0. The number of nitrogens with one attached hydrogen (secondary N) is 1. The van der Waals surface area contributed by atoms with Gasteiger partial charge in [0.1, 0.15) is 5.69 Å². The number of amides is 1. The van der Waals surface area contributed by atoms with Gasteiger partial charge in [-0.1, -0.05) is 23.5 Å². The van der Waals surface area contributed by atoms with Crippen LogP contribution in [0, 0.1) is 6.92 Å². The highest BCUT2D eigenvalue weighted by molar-refractivity contribution is 7.19. The van der Waals surface area contributed by atoms with Gasteiger partial charge in [0, 0.05) is 19.4 Å². The number of para-hydroxylation sites is 2. The summed E-state index contributed by atoms with van der Waals surface area (Å²) in [5.41, 5.74) is 2.50. The molecule has 0 atom stereocenters. The van der Waals surface area contributed by atoms with Crippen LogP contribution in [0.25, 0.3) is 21.7 Å². The molecule has 0 aliphatic carbocycles. The molecule has 0 saturated carbocycles. The summed E-state index contributed by atoms with van der Waals surface area (Å²) in [5.74, 6) is 0.486. The predicted molar refractivity (Wildman–Crippen MR) is 96.5 cm³/mol. The Labute approximate surface area is 147 Å². The maximum atomic E-state index is 12.5. The standard InChI is InChI=1S/C17H14N6OS/c1-10-14(15-18-7-8-23(15)2)25-17(20-10)22-16(24)13-9-19-11-5-3-4-6-12(11)21-13/h3-9H,1-2H3,(H,20,22,24). The lowest BCUT2D eigenvalue weighted by Crippen LogP contribution is -2.14. The Balaban J connectivity index is 1.61. The van der Waals surface area contributed by atoms with Crippen LogP contribution in [0.1, 0.15) is 16.2 Å². The zero-order valence-corrected chi connectivity index (χ0v) is 14.4. The molecule has 3 aromatic heterocycles. The van der Waals surface area contributed by atoms with Gasteiger partial charge in [-0.2, -0.15) is 0 Å². The molecule has 1 amide bonds. The Morgan fingerprint density at radius 3 is 2.72 bits per heavy atom. The van der Waals surface area contributed by atoms with E-state index in [1.54, 1.807) is 6.20 Å². The largest absolute Gasteiger partial charge is 0.333 e. The fraction of sp³-hybridized carbons (Fsp3) is 0.118. The molecule has 3 heterocycles. The Hall–Kier alpha value is -3.13. The molecule has 0 bridgehead atoms. The molecule has 1 N–H and O–H groups in total. The van der Waals surface area contributed by atoms with Crippen LogP contribution < -0.4 is 5.32 Å². The number of carbonyl (C=O) groups is 1. The third-order valence-electron chi connectivity index (χ3n) is 3.72. The lowest BCUT2D eigenvalue weighted by molar-refractivity contribution is 0.102. The van der Waals surface area contributed by atoms with Crippen molar-refractivity contribution in [1.29, 1.82) is 0 Å². The molecule has 1 aromatic carbocycles. The van der Waals surface area contributed by atoms with Gasteiger partial charge >= 0.3 is 0 Å². The van der Waals surface area contributed by atoms with Crippen molar-refractivity contribution in [3.63, 3.8) is 0 Å². The van der Waals surface area contributed by atoms with Gasteiger partial charge in [-0.15, -0.1) is 0 Å². The monoisotopic (exact) mass is 350 g/mol. The van der Waals surface area contributed by atoms with Crippen LogP contribution in [0.15, 0.2) is 42.9 Å². The predicted octanol–water partition coefficient (Wildman–Crippen LogP) is 3.05. The van der Waals surface area contributed by atoms with E-state index in [1.807, 2.05) is 49.0 Å². The van der Waals surface area contributed by atoms with E-state index in [-0.39, 0.29) is 11.6 Å². The molecule has 7 nitrogen and oxygen atoms in total. The van der Waals surface area contributed by atoms with Crippen LogP contribution in [-0.2, 0) is 7.05 Å². The third kappa shape index (κ3) is 2.87. The highest BCUT2D eigenvalue weighted by Crippen LogP contribution is 2.31. The molecule has 0 fully saturated rings. The number of hydrogen-bond acceptors (Lipinski definition) is 6. The van der Waals surface area contributed by atoms with Gasteiger partial charge in [-0.05, 0) is 19.1 Å². The van der Waals surface area contributed by atoms with Gasteiger partial charge in [0.15, 0.2) is 11.0 Å². The summed E-state index contributed by atoms with van der Waals surface area (Å²) in [6.45, 7) is 1.89. The van der Waals surface area contributed by atoms with E-state index >= 15 is 0 Å². The quantitative estimate of drug-likeness (QED) is 0.614. The number of benzene rings is 1. The molecular formula is C17H14N6OS. The zero-order valence-electron chi connectivity index (χ0n) is 13.6. The van der Waals surface area contributed by atoms with Crippen molar-refractivity contribution >= 4 is 33.4 Å². The molecule has 25 heavy (non-hydrogen) atoms. The first-order valence-electron chi connectivity index (χ1n) is 7.60. The van der Waals surface area contributed by atoms with E-state index < -0.39 is 0 Å². The van der Waals surface area contributed by atoms with E-state index in [1.165, 1.54) is 17.5 Å². The first kappa shape index (κ1) is 15.4. The average Bonchev–Trinajstić information content (AvgIpc) is 3.19. The van der Waals surface area contributed by atoms with E-state index in [0.29, 0.717) is 10.6 Å². The molecule has 0 aliphatic rings. The van der Waals surface area contributed by atoms with E-state index in [2.05, 4.69) is 25.3 Å². The molecule has 0 spiro atoms. The number of carbonyl (C=O) groups excluding carboxylic acids is 1. The Morgan fingerprint density at radius 1 is 1.16 bits per heavy atom. The van der Waals surface area contributed by atoms with Gasteiger partial charge in [0.2, 0.25) is 0 Å². The van der Waals surface area contributed by atoms with E-state index in [4.69, 9.17) is 0 Å². The number of imidazole rings is 1. The maximum absolute atomic E-state index is 12.5. The maximum Gasteiger partial charge on any atom is 0.277 e. The summed E-state index contributed by atoms with van der Waals surface area (Å²) in [6.07, 6.45) is 5.08. The minimum absolute atomic E-state index is 0.255. The highest BCUT2D eigenvalue weighted by atomic mass is 32.1. The molecule has 8 heteroatoms. The summed E-state index contributed by atoms with van der Waals surface area (Å²) in [6, 6.07) is 7.43. The number of nitrogens with zero attached hydrogens (tertiary/aromatic N) is 5. The molecule has 0 radical (unpaired) electrons. The second kappa shape index (κ2) is 6.06. The van der Waals surface area contributed by atoms with Crippen LogP contribution in [0.2, 0.25) is 0 Å². The van der Waals surface area contributed by atoms with Crippen LogP contribution in [0.4, 0.5) is 5.13 Å². The Bertz CT molecular complexity index is 1080. The average molecular weight is 350 g/mol. The lowest BCUT2D eigenvalue weighted by Gasteiger charge is -2.02. The van der Waals surface area contributed by atoms with Crippen LogP contribution >= 0.6 is 11.3 Å². The second-order valence-electron chi connectivity index (χ2n) is 5.49. The number of aromatic nitrogens is 5. The minimum atomic E-state index is -0.335. The molecule has 0 saturated heterocycles. The van der Waals surface area contributed by atoms with Crippen molar-refractivity contribution in [2.75, 3.05) is 5.32 Å². The fourth-order valence-electron chi connectivity index (χ4n) is 2.47. The van der Waals surface area contributed by atoms with Gasteiger partial charge in [-0.3, -0.25) is 15.1 Å². The summed E-state index contributed by atoms with van der Waals surface area (Å²) in [5, 5.41) is 3.30. The number of anilines is 1. The molecule has 4 rings (SSSR count). The van der Waals surface area contributed by atoms with Gasteiger partial charge in [0.25, 0.3) is 5.91 Å². The minimum Gasteiger partial charge on any atom is -0.333 e. The van der Waals surface area contributed by atoms with Crippen molar-refractivity contribution in [2.24, 2.45) is 7.05 Å². The van der Waals surface area contributed by atoms with Crippen molar-refractivity contribution in [2.45, 2.75) is 6.92 Å². The number of hydrogen-bond donors (Lipinski definition) is 1. The van der Waals surface area contributed by atoms with Crippen LogP contribution in [0.5, 0.6) is 0 Å². The molecule has 4 aromatic rings. The smallest absolute Gasteiger partial charge is 0.277 e. The SMILES string of the molecule is Cc1nc(NC(=O)c2cnc3ccccc3n2)sc1-c1nccn1C. The van der Waals surface area contributed by atoms with Crippen LogP contribution in [0.3, 0.4) is 0 Å². The topological polar surface area (TPSA) is 85.6 Å². The van der Waals surface area contributed by atoms with Crippen LogP contribution in [-0.4, -0.2) is 30.4 Å². The lowest BCUT2D eigenvalue weighted by atomic mass is 10.3. The van der Waals surface area contributed by atoms with Gasteiger partial charge < -0.3 is 4.57 Å². The highest BCUT2D eigenvalue weighted by Gasteiger charge is 2.16.